The Morgan fingerprint density at radius 3 is 2.12 bits per heavy atom. The number of alkyl halides is 1. The van der Waals surface area contributed by atoms with Crippen molar-refractivity contribution in [2.24, 2.45) is 11.1 Å². The summed E-state index contributed by atoms with van der Waals surface area (Å²) in [4.78, 5) is 53.5. The van der Waals surface area contributed by atoms with E-state index in [2.05, 4.69) is 15.4 Å². The molecule has 308 valence electrons. The first-order valence-electron chi connectivity index (χ1n) is 17.3. The van der Waals surface area contributed by atoms with Gasteiger partial charge < -0.3 is 30.4 Å². The summed E-state index contributed by atoms with van der Waals surface area (Å²) in [5.41, 5.74) is 5.68. The van der Waals surface area contributed by atoms with Gasteiger partial charge in [0.2, 0.25) is 18.4 Å². The number of nitrogens with zero attached hydrogens (tertiary/aromatic N) is 4. The highest BCUT2D eigenvalue weighted by molar-refractivity contribution is 7.90. The third kappa shape index (κ3) is 11.5. The predicted molar refractivity (Wildman–Crippen MR) is 208 cm³/mol. The Bertz CT molecular complexity index is 2400. The van der Waals surface area contributed by atoms with E-state index >= 15 is 0 Å². The van der Waals surface area contributed by atoms with E-state index in [4.69, 9.17) is 25.1 Å². The smallest absolute Gasteiger partial charge is 0.424 e. The molecule has 0 aliphatic heterocycles. The van der Waals surface area contributed by atoms with Gasteiger partial charge in [-0.3, -0.25) is 9.59 Å². The predicted octanol–water partition coefficient (Wildman–Crippen LogP) is 5.71. The van der Waals surface area contributed by atoms with E-state index in [-0.39, 0.29) is 47.0 Å². The van der Waals surface area contributed by atoms with Crippen LogP contribution < -0.4 is 20.7 Å². The summed E-state index contributed by atoms with van der Waals surface area (Å²) in [5.74, 6) is -2.89. The van der Waals surface area contributed by atoms with Crippen molar-refractivity contribution in [2.45, 2.75) is 44.7 Å². The number of aromatic nitrogens is 3. The summed E-state index contributed by atoms with van der Waals surface area (Å²) < 4.78 is 66.8. The number of anilines is 3. The van der Waals surface area contributed by atoms with Gasteiger partial charge in [-0.05, 0) is 87.4 Å². The first-order valence-corrected chi connectivity index (χ1v) is 19.2. The number of aliphatic carboxylic acids is 1. The molecule has 2 heterocycles. The molecule has 0 spiro atoms. The Hall–Kier alpha value is -6.47. The molecule has 0 saturated carbocycles. The number of carbonyl (C=O) groups is 4. The molecule has 19 heteroatoms. The average Bonchev–Trinajstić information content (AvgIpc) is 3.58. The van der Waals surface area contributed by atoms with Gasteiger partial charge in [-0.25, -0.2) is 36.2 Å². The second kappa shape index (κ2) is 18.2. The number of fused-ring (bicyclic) bond motifs is 1. The number of pyridine rings is 1. The van der Waals surface area contributed by atoms with Crippen molar-refractivity contribution in [3.63, 3.8) is 0 Å². The Kier molecular flexibility index (Phi) is 13.9. The van der Waals surface area contributed by atoms with Crippen LogP contribution in [0.15, 0.2) is 90.0 Å². The van der Waals surface area contributed by atoms with E-state index in [9.17, 15) is 36.4 Å². The van der Waals surface area contributed by atoms with Crippen molar-refractivity contribution < 1.29 is 55.7 Å². The molecule has 2 amide bonds. The number of nitrogens with two attached hydrogens (primary N) is 1. The van der Waals surface area contributed by atoms with Crippen LogP contribution in [0.25, 0.3) is 16.8 Å². The molecular weight excluding hydrogens is 783 g/mol. The van der Waals surface area contributed by atoms with Crippen LogP contribution in [0.3, 0.4) is 0 Å². The minimum Gasteiger partial charge on any atom is -0.495 e. The minimum absolute atomic E-state index is 0.000488. The number of amides is 2. The van der Waals surface area contributed by atoms with Gasteiger partial charge in [0.1, 0.15) is 11.6 Å². The number of hydrogen-bond acceptors (Lipinski definition) is 12. The lowest BCUT2D eigenvalue weighted by Crippen LogP contribution is -2.36. The van der Waals surface area contributed by atoms with E-state index < -0.39 is 45.7 Å². The third-order valence-corrected chi connectivity index (χ3v) is 9.36. The number of methoxy groups -OCH3 is 1. The first-order chi connectivity index (χ1) is 27.1. The molecule has 2 aromatic heterocycles. The largest absolute Gasteiger partial charge is 0.495 e. The van der Waals surface area contributed by atoms with Crippen LogP contribution in [0.1, 0.15) is 33.3 Å². The summed E-state index contributed by atoms with van der Waals surface area (Å²) in [6, 6.07) is 20.1. The quantitative estimate of drug-likeness (QED) is 0.0958. The molecule has 5 aromatic rings. The minimum atomic E-state index is -3.63. The highest BCUT2D eigenvalue weighted by Crippen LogP contribution is 2.35. The standard InChI is InChI=1S/C35H35FN6O8S.C4H7FO2/c1-35(2,20-37)32(44)49-21-50-34(45)42(28-15-14-27(51(4,46)47)18-29(28)48-3)33-39-30-16-9-24(19-41(30)40-33)23-7-12-26(13-8-23)38-31(43)17-22-5-10-25(36)11-6-22;1-4(2,5)3(6)7/h5-16,18-19H,17,20-21,37H2,1-4H3,(H,38,43);1-2H3,(H,6,7). The number of halogens is 2. The number of rotatable bonds is 13. The van der Waals surface area contributed by atoms with E-state index in [1.54, 1.807) is 68.6 Å². The molecule has 4 N–H and O–H groups in total. The number of carboxylic acid groups (broad SMARTS) is 1. The fourth-order valence-corrected chi connectivity index (χ4v) is 5.35. The summed E-state index contributed by atoms with van der Waals surface area (Å²) in [5, 5.41) is 15.2. The molecule has 0 aliphatic rings. The molecule has 0 aliphatic carbocycles. The van der Waals surface area contributed by atoms with E-state index in [0.717, 1.165) is 36.1 Å². The topological polar surface area (TPSA) is 222 Å². The van der Waals surface area contributed by atoms with Crippen LogP contribution in [0, 0.1) is 11.2 Å². The highest BCUT2D eigenvalue weighted by atomic mass is 32.2. The van der Waals surface area contributed by atoms with Gasteiger partial charge in [-0.15, -0.1) is 5.10 Å². The maximum Gasteiger partial charge on any atom is 0.424 e. The van der Waals surface area contributed by atoms with Gasteiger partial charge in [0.15, 0.2) is 15.5 Å². The van der Waals surface area contributed by atoms with Gasteiger partial charge in [0.25, 0.3) is 5.95 Å². The Labute approximate surface area is 332 Å². The Morgan fingerprint density at radius 1 is 0.931 bits per heavy atom. The number of benzene rings is 3. The molecular formula is C39H42F2N6O10S. The molecule has 58 heavy (non-hydrogen) atoms. The molecule has 0 saturated heterocycles. The van der Waals surface area contributed by atoms with Crippen molar-refractivity contribution in [3.05, 3.63) is 96.4 Å². The number of carboxylic acids is 1. The zero-order chi connectivity index (χ0) is 43.0. The summed E-state index contributed by atoms with van der Waals surface area (Å²) in [6.45, 7) is 4.41. The van der Waals surface area contributed by atoms with E-state index in [1.807, 2.05) is 0 Å². The average molecular weight is 825 g/mol. The van der Waals surface area contributed by atoms with Gasteiger partial charge >= 0.3 is 18.0 Å². The van der Waals surface area contributed by atoms with Gasteiger partial charge in [0.05, 0.1) is 29.5 Å². The number of nitrogens with one attached hydrogen (secondary N) is 1. The second-order valence-corrected chi connectivity index (χ2v) is 15.8. The number of ether oxygens (including phenoxy) is 3. The number of sulfone groups is 1. The van der Waals surface area contributed by atoms with Crippen LogP contribution in [0.2, 0.25) is 0 Å². The molecule has 0 unspecified atom stereocenters. The molecule has 0 bridgehead atoms. The van der Waals surface area contributed by atoms with Crippen molar-refractivity contribution in [1.82, 2.24) is 14.6 Å². The molecule has 0 fully saturated rings. The van der Waals surface area contributed by atoms with Crippen LogP contribution in [-0.4, -0.2) is 84.4 Å². The van der Waals surface area contributed by atoms with E-state index in [0.29, 0.717) is 16.9 Å². The van der Waals surface area contributed by atoms with Crippen LogP contribution in [0.4, 0.5) is 30.9 Å². The van der Waals surface area contributed by atoms with Crippen LogP contribution >= 0.6 is 0 Å². The lowest BCUT2D eigenvalue weighted by Gasteiger charge is -2.22. The lowest BCUT2D eigenvalue weighted by molar-refractivity contribution is -0.161. The molecule has 16 nitrogen and oxygen atoms in total. The van der Waals surface area contributed by atoms with Crippen molar-refractivity contribution >= 4 is 56.7 Å². The van der Waals surface area contributed by atoms with E-state index in [1.165, 1.54) is 42.0 Å². The summed E-state index contributed by atoms with van der Waals surface area (Å²) >= 11 is 0. The molecule has 0 atom stereocenters. The Morgan fingerprint density at radius 2 is 1.55 bits per heavy atom. The monoisotopic (exact) mass is 824 g/mol. The summed E-state index contributed by atoms with van der Waals surface area (Å²) in [6.07, 6.45) is 1.75. The fraction of sp³-hybridized carbons (Fsp3) is 0.282. The van der Waals surface area contributed by atoms with Crippen LogP contribution in [-0.2, 0) is 40.1 Å². The zero-order valence-corrected chi connectivity index (χ0v) is 33.2. The first kappa shape index (κ1) is 44.2. The maximum absolute atomic E-state index is 13.6. The fourth-order valence-electron chi connectivity index (χ4n) is 4.71. The highest BCUT2D eigenvalue weighted by Gasteiger charge is 2.31. The zero-order valence-electron chi connectivity index (χ0n) is 32.4. The van der Waals surface area contributed by atoms with Gasteiger partial charge in [0, 0.05) is 36.3 Å². The molecule has 0 radical (unpaired) electrons. The number of carbonyl (C=O) groups excluding carboxylic acids is 3. The summed E-state index contributed by atoms with van der Waals surface area (Å²) in [7, 11) is -2.33. The number of esters is 1. The molecule has 3 aromatic carbocycles. The van der Waals surface area contributed by atoms with Gasteiger partial charge in [-0.1, -0.05) is 24.3 Å². The maximum atomic E-state index is 13.6. The van der Waals surface area contributed by atoms with Crippen molar-refractivity contribution in [1.29, 1.82) is 0 Å². The number of hydrogen-bond donors (Lipinski definition) is 3. The van der Waals surface area contributed by atoms with Crippen molar-refractivity contribution in [3.8, 4) is 16.9 Å². The van der Waals surface area contributed by atoms with Crippen LogP contribution in [0.5, 0.6) is 5.75 Å². The normalized spacial score (nSPS) is 11.5. The Balaban J connectivity index is 0.000000973. The molecule has 5 rings (SSSR count). The second-order valence-electron chi connectivity index (χ2n) is 13.8. The van der Waals surface area contributed by atoms with Gasteiger partial charge in [-0.2, -0.15) is 4.98 Å². The third-order valence-electron chi connectivity index (χ3n) is 8.25. The lowest BCUT2D eigenvalue weighted by atomic mass is 9.94. The van der Waals surface area contributed by atoms with Crippen molar-refractivity contribution in [2.75, 3.05) is 36.9 Å². The SMILES string of the molecule is CC(C)(F)C(=O)O.COc1cc(S(C)(=O)=O)ccc1N(C(=O)OCOC(=O)C(C)(C)CN)c1nc2ccc(-c3ccc(NC(=O)Cc4ccc(F)cc4)cc3)cn2n1.